The minimum atomic E-state index is -2.39. The molecule has 1 aliphatic rings. The highest BCUT2D eigenvalue weighted by molar-refractivity contribution is 7.99. The molecule has 0 N–H and O–H groups in total. The lowest BCUT2D eigenvalue weighted by atomic mass is 10.0. The molecule has 0 amide bonds. The fourth-order valence-electron chi connectivity index (χ4n) is 0.991. The molecule has 0 saturated carbocycles. The van der Waals surface area contributed by atoms with Crippen molar-refractivity contribution in [2.45, 2.75) is 12.1 Å². The number of ether oxygens (including phenoxy) is 1. The summed E-state index contributed by atoms with van der Waals surface area (Å²) >= 11 is 1.25. The second kappa shape index (κ2) is 3.43. The molecule has 0 aliphatic carbocycles. The van der Waals surface area contributed by atoms with Gasteiger partial charge in [0.1, 0.15) is 0 Å². The van der Waals surface area contributed by atoms with Crippen LogP contribution in [0.1, 0.15) is 6.42 Å². The Kier molecular flexibility index (Phi) is 2.72. The number of Topliss-reactive ketones (excluding diaryl/α,β-unsaturated/α-hetero) is 1. The summed E-state index contributed by atoms with van der Waals surface area (Å²) in [5, 5.41) is 0. The fraction of sp³-hybridized carbons (Fsp3) is 0.714. The number of methoxy groups -OCH3 is 1. The molecule has 0 aromatic heterocycles. The van der Waals surface area contributed by atoms with E-state index >= 15 is 0 Å². The minimum Gasteiger partial charge on any atom is -0.466 e. The summed E-state index contributed by atoms with van der Waals surface area (Å²) in [6.45, 7) is 0. The molecule has 1 heterocycles. The number of hydrogen-bond donors (Lipinski definition) is 0. The summed E-state index contributed by atoms with van der Waals surface area (Å²) in [5.74, 6) is -1.26. The lowest BCUT2D eigenvalue weighted by Gasteiger charge is -2.24. The zero-order valence-corrected chi connectivity index (χ0v) is 7.45. The standard InChI is InChI=1S/C7H9FO3S/c1-11-6(10)7(8)4-12-3-2-5(7)9/h2-4H2,1H3. The van der Waals surface area contributed by atoms with Gasteiger partial charge in [-0.3, -0.25) is 4.79 Å². The molecule has 0 aromatic rings. The van der Waals surface area contributed by atoms with Crippen molar-refractivity contribution < 1.29 is 18.7 Å². The van der Waals surface area contributed by atoms with Crippen LogP contribution in [0.15, 0.2) is 0 Å². The molecule has 1 rings (SSSR count). The van der Waals surface area contributed by atoms with Crippen LogP contribution in [-0.2, 0) is 14.3 Å². The Bertz CT molecular complexity index is 209. The molecule has 5 heteroatoms. The van der Waals surface area contributed by atoms with Crippen LogP contribution in [0, 0.1) is 0 Å². The number of carbonyl (C=O) groups is 2. The molecule has 12 heavy (non-hydrogen) atoms. The van der Waals surface area contributed by atoms with Crippen molar-refractivity contribution in [1.82, 2.24) is 0 Å². The predicted molar refractivity (Wildman–Crippen MR) is 42.8 cm³/mol. The second-order valence-electron chi connectivity index (χ2n) is 2.52. The monoisotopic (exact) mass is 192 g/mol. The first-order valence-electron chi connectivity index (χ1n) is 3.49. The Morgan fingerprint density at radius 2 is 2.42 bits per heavy atom. The van der Waals surface area contributed by atoms with E-state index in [0.29, 0.717) is 5.75 Å². The number of thioether (sulfide) groups is 1. The van der Waals surface area contributed by atoms with E-state index in [2.05, 4.69) is 4.74 Å². The van der Waals surface area contributed by atoms with Crippen molar-refractivity contribution in [2.75, 3.05) is 18.6 Å². The van der Waals surface area contributed by atoms with E-state index in [9.17, 15) is 14.0 Å². The van der Waals surface area contributed by atoms with Crippen LogP contribution in [0.25, 0.3) is 0 Å². The smallest absolute Gasteiger partial charge is 0.352 e. The van der Waals surface area contributed by atoms with Crippen LogP contribution >= 0.6 is 11.8 Å². The van der Waals surface area contributed by atoms with Gasteiger partial charge in [0.25, 0.3) is 5.67 Å². The second-order valence-corrected chi connectivity index (χ2v) is 3.62. The Morgan fingerprint density at radius 1 is 1.75 bits per heavy atom. The quantitative estimate of drug-likeness (QED) is 0.450. The first kappa shape index (κ1) is 9.51. The molecule has 0 radical (unpaired) electrons. The van der Waals surface area contributed by atoms with Crippen molar-refractivity contribution in [3.8, 4) is 0 Å². The van der Waals surface area contributed by atoms with Crippen LogP contribution in [0.3, 0.4) is 0 Å². The van der Waals surface area contributed by atoms with Gasteiger partial charge in [-0.2, -0.15) is 11.8 Å². The van der Waals surface area contributed by atoms with Gasteiger partial charge in [0.2, 0.25) is 0 Å². The van der Waals surface area contributed by atoms with Gasteiger partial charge in [-0.25, -0.2) is 9.18 Å². The molecule has 0 bridgehead atoms. The molecular formula is C7H9FO3S. The van der Waals surface area contributed by atoms with Crippen LogP contribution in [0.2, 0.25) is 0 Å². The van der Waals surface area contributed by atoms with E-state index < -0.39 is 17.4 Å². The summed E-state index contributed by atoms with van der Waals surface area (Å²) in [6.07, 6.45) is 0.107. The third-order valence-corrected chi connectivity index (χ3v) is 2.82. The van der Waals surface area contributed by atoms with Crippen molar-refractivity contribution in [3.05, 3.63) is 0 Å². The van der Waals surface area contributed by atoms with Gasteiger partial charge in [0.05, 0.1) is 7.11 Å². The molecule has 3 nitrogen and oxygen atoms in total. The maximum Gasteiger partial charge on any atom is 0.352 e. The van der Waals surface area contributed by atoms with Gasteiger partial charge in [0.15, 0.2) is 5.78 Å². The van der Waals surface area contributed by atoms with E-state index in [1.807, 2.05) is 0 Å². The average molecular weight is 192 g/mol. The highest BCUT2D eigenvalue weighted by atomic mass is 32.2. The van der Waals surface area contributed by atoms with Gasteiger partial charge in [-0.05, 0) is 0 Å². The van der Waals surface area contributed by atoms with E-state index in [1.54, 1.807) is 0 Å². The van der Waals surface area contributed by atoms with Gasteiger partial charge >= 0.3 is 5.97 Å². The molecule has 1 saturated heterocycles. The first-order valence-corrected chi connectivity index (χ1v) is 4.65. The molecular weight excluding hydrogens is 183 g/mol. The van der Waals surface area contributed by atoms with Crippen molar-refractivity contribution in [1.29, 1.82) is 0 Å². The third-order valence-electron chi connectivity index (χ3n) is 1.73. The van der Waals surface area contributed by atoms with Crippen molar-refractivity contribution >= 4 is 23.5 Å². The van der Waals surface area contributed by atoms with E-state index in [0.717, 1.165) is 7.11 Å². The topological polar surface area (TPSA) is 43.4 Å². The van der Waals surface area contributed by atoms with Crippen LogP contribution in [0.5, 0.6) is 0 Å². The Morgan fingerprint density at radius 3 is 2.92 bits per heavy atom. The number of carbonyl (C=O) groups excluding carboxylic acids is 2. The number of alkyl halides is 1. The summed E-state index contributed by atoms with van der Waals surface area (Å²) < 4.78 is 17.7. The highest BCUT2D eigenvalue weighted by Gasteiger charge is 2.48. The highest BCUT2D eigenvalue weighted by Crippen LogP contribution is 2.28. The summed E-state index contributed by atoms with van der Waals surface area (Å²) in [4.78, 5) is 21.9. The van der Waals surface area contributed by atoms with Gasteiger partial charge in [-0.15, -0.1) is 0 Å². The Balaban J connectivity index is 2.79. The SMILES string of the molecule is COC(=O)C1(F)CSCCC1=O. The summed E-state index contributed by atoms with van der Waals surface area (Å²) in [7, 11) is 1.08. The molecule has 1 unspecified atom stereocenters. The largest absolute Gasteiger partial charge is 0.466 e. The Labute approximate surface area is 73.6 Å². The summed E-state index contributed by atoms with van der Waals surface area (Å²) in [6, 6.07) is 0. The molecule has 1 aliphatic heterocycles. The molecule has 68 valence electrons. The number of rotatable bonds is 1. The van der Waals surface area contributed by atoms with Gasteiger partial charge < -0.3 is 4.74 Å². The van der Waals surface area contributed by atoms with Crippen molar-refractivity contribution in [3.63, 3.8) is 0 Å². The van der Waals surface area contributed by atoms with Crippen LogP contribution in [-0.4, -0.2) is 36.0 Å². The maximum absolute atomic E-state index is 13.5. The molecule has 1 atom stereocenters. The molecule has 0 spiro atoms. The van der Waals surface area contributed by atoms with Gasteiger partial charge in [0, 0.05) is 17.9 Å². The average Bonchev–Trinajstić information content (AvgIpc) is 2.09. The predicted octanol–water partition coefficient (Wildman–Crippen LogP) is 0.574. The third kappa shape index (κ3) is 1.46. The normalized spacial score (nSPS) is 30.0. The van der Waals surface area contributed by atoms with Gasteiger partial charge in [-0.1, -0.05) is 0 Å². The molecule has 0 aromatic carbocycles. The number of hydrogen-bond acceptors (Lipinski definition) is 4. The zero-order chi connectivity index (χ0) is 9.19. The van der Waals surface area contributed by atoms with Crippen molar-refractivity contribution in [2.24, 2.45) is 0 Å². The zero-order valence-electron chi connectivity index (χ0n) is 6.63. The first-order chi connectivity index (χ1) is 5.61. The van der Waals surface area contributed by atoms with E-state index in [1.165, 1.54) is 11.8 Å². The van der Waals surface area contributed by atoms with E-state index in [4.69, 9.17) is 0 Å². The van der Waals surface area contributed by atoms with Crippen LogP contribution in [0.4, 0.5) is 4.39 Å². The number of esters is 1. The minimum absolute atomic E-state index is 0.107. The Hall–Kier alpha value is -0.580. The lowest BCUT2D eigenvalue weighted by molar-refractivity contribution is -0.158. The van der Waals surface area contributed by atoms with E-state index in [-0.39, 0.29) is 12.2 Å². The maximum atomic E-state index is 13.5. The lowest BCUT2D eigenvalue weighted by Crippen LogP contribution is -2.48. The number of ketones is 1. The van der Waals surface area contributed by atoms with Crippen LogP contribution < -0.4 is 0 Å². The summed E-state index contributed by atoms with van der Waals surface area (Å²) in [5.41, 5.74) is -2.39. The molecule has 1 fully saturated rings. The fourth-order valence-corrected chi connectivity index (χ4v) is 2.03. The number of halogens is 1.